The van der Waals surface area contributed by atoms with E-state index in [0.29, 0.717) is 10.7 Å². The maximum Gasteiger partial charge on any atom is 0.412 e. The van der Waals surface area contributed by atoms with Crippen LogP contribution in [0.4, 0.5) is 16.2 Å². The van der Waals surface area contributed by atoms with E-state index in [0.717, 1.165) is 24.2 Å². The first-order valence-electron chi connectivity index (χ1n) is 5.92. The van der Waals surface area contributed by atoms with Gasteiger partial charge in [0.05, 0.1) is 16.4 Å². The second kappa shape index (κ2) is 4.69. The Labute approximate surface area is 112 Å². The summed E-state index contributed by atoms with van der Waals surface area (Å²) >= 11 is 6.11. The SMILES string of the molecule is CC(C)(C)OC(=O)Nc1c(Cl)ccc2c1NCC2. The van der Waals surface area contributed by atoms with Crippen LogP contribution in [0.2, 0.25) is 5.02 Å². The molecule has 98 valence electrons. The van der Waals surface area contributed by atoms with Gasteiger partial charge >= 0.3 is 6.09 Å². The number of fused-ring (bicyclic) bond motifs is 1. The predicted molar refractivity (Wildman–Crippen MR) is 73.5 cm³/mol. The van der Waals surface area contributed by atoms with E-state index in [-0.39, 0.29) is 0 Å². The summed E-state index contributed by atoms with van der Waals surface area (Å²) in [6.45, 7) is 6.32. The minimum atomic E-state index is -0.526. The van der Waals surface area contributed by atoms with Crippen LogP contribution in [0.3, 0.4) is 0 Å². The van der Waals surface area contributed by atoms with Crippen molar-refractivity contribution in [3.63, 3.8) is 0 Å². The highest BCUT2D eigenvalue weighted by atomic mass is 35.5. The van der Waals surface area contributed by atoms with Crippen LogP contribution in [-0.2, 0) is 11.2 Å². The van der Waals surface area contributed by atoms with Crippen LogP contribution in [0, 0.1) is 0 Å². The van der Waals surface area contributed by atoms with Gasteiger partial charge in [-0.2, -0.15) is 0 Å². The molecule has 0 aromatic heterocycles. The third-order valence-corrected chi connectivity index (χ3v) is 2.88. The zero-order valence-corrected chi connectivity index (χ0v) is 11.5. The molecule has 0 unspecified atom stereocenters. The van der Waals surface area contributed by atoms with E-state index < -0.39 is 11.7 Å². The summed E-state index contributed by atoms with van der Waals surface area (Å²) in [7, 11) is 0. The van der Waals surface area contributed by atoms with E-state index in [2.05, 4.69) is 10.6 Å². The van der Waals surface area contributed by atoms with E-state index in [1.807, 2.05) is 26.8 Å². The van der Waals surface area contributed by atoms with Gasteiger partial charge in [0.1, 0.15) is 5.60 Å². The van der Waals surface area contributed by atoms with Crippen molar-refractivity contribution < 1.29 is 9.53 Å². The van der Waals surface area contributed by atoms with Gasteiger partial charge in [-0.15, -0.1) is 0 Å². The first-order valence-corrected chi connectivity index (χ1v) is 6.30. The van der Waals surface area contributed by atoms with Gasteiger partial charge in [0.15, 0.2) is 0 Å². The standard InChI is InChI=1S/C13H17ClN2O2/c1-13(2,3)18-12(17)16-11-9(14)5-4-8-6-7-15-10(8)11/h4-5,15H,6-7H2,1-3H3,(H,16,17). The topological polar surface area (TPSA) is 50.4 Å². The lowest BCUT2D eigenvalue weighted by Gasteiger charge is -2.20. The number of carbonyl (C=O) groups is 1. The van der Waals surface area contributed by atoms with Crippen molar-refractivity contribution in [1.29, 1.82) is 0 Å². The van der Waals surface area contributed by atoms with Crippen molar-refractivity contribution in [1.82, 2.24) is 0 Å². The molecule has 2 N–H and O–H groups in total. The summed E-state index contributed by atoms with van der Waals surface area (Å²) in [5.41, 5.74) is 2.13. The van der Waals surface area contributed by atoms with Crippen LogP contribution in [-0.4, -0.2) is 18.2 Å². The van der Waals surface area contributed by atoms with Crippen LogP contribution < -0.4 is 10.6 Å². The number of benzene rings is 1. The first-order chi connectivity index (χ1) is 8.37. The molecule has 1 heterocycles. The summed E-state index contributed by atoms with van der Waals surface area (Å²) in [6, 6.07) is 3.76. The Hall–Kier alpha value is -1.42. The van der Waals surface area contributed by atoms with Gasteiger partial charge in [0.25, 0.3) is 0 Å². The maximum absolute atomic E-state index is 11.8. The molecule has 0 atom stereocenters. The van der Waals surface area contributed by atoms with Crippen LogP contribution in [0.1, 0.15) is 26.3 Å². The fourth-order valence-electron chi connectivity index (χ4n) is 1.88. The van der Waals surface area contributed by atoms with Gasteiger partial charge < -0.3 is 10.1 Å². The molecule has 1 amide bonds. The smallest absolute Gasteiger partial charge is 0.412 e. The van der Waals surface area contributed by atoms with Gasteiger partial charge in [0.2, 0.25) is 0 Å². The normalized spacial score (nSPS) is 13.8. The first kappa shape index (κ1) is 13.0. The van der Waals surface area contributed by atoms with Gasteiger partial charge in [0, 0.05) is 6.54 Å². The van der Waals surface area contributed by atoms with Crippen molar-refractivity contribution in [3.05, 3.63) is 22.7 Å². The van der Waals surface area contributed by atoms with E-state index >= 15 is 0 Å². The van der Waals surface area contributed by atoms with Gasteiger partial charge in [-0.25, -0.2) is 4.79 Å². The average molecular weight is 269 g/mol. The number of anilines is 2. The van der Waals surface area contributed by atoms with Gasteiger partial charge in [-0.1, -0.05) is 17.7 Å². The number of rotatable bonds is 1. The highest BCUT2D eigenvalue weighted by molar-refractivity contribution is 6.34. The molecule has 0 spiro atoms. The molecule has 4 nitrogen and oxygen atoms in total. The molecule has 18 heavy (non-hydrogen) atoms. The number of nitrogens with one attached hydrogen (secondary N) is 2. The Kier molecular flexibility index (Phi) is 3.39. The second-order valence-electron chi connectivity index (χ2n) is 5.26. The fraction of sp³-hybridized carbons (Fsp3) is 0.462. The highest BCUT2D eigenvalue weighted by Gasteiger charge is 2.21. The number of carbonyl (C=O) groups excluding carboxylic acids is 1. The molecule has 1 aromatic carbocycles. The molecule has 0 saturated carbocycles. The fourth-order valence-corrected chi connectivity index (χ4v) is 2.09. The molecule has 1 aliphatic rings. The molecule has 5 heteroatoms. The van der Waals surface area contributed by atoms with E-state index in [1.165, 1.54) is 0 Å². The number of hydrogen-bond donors (Lipinski definition) is 2. The Morgan fingerprint density at radius 1 is 1.44 bits per heavy atom. The quantitative estimate of drug-likeness (QED) is 0.817. The van der Waals surface area contributed by atoms with Crippen LogP contribution >= 0.6 is 11.6 Å². The average Bonchev–Trinajstić information content (AvgIpc) is 2.67. The lowest BCUT2D eigenvalue weighted by molar-refractivity contribution is 0.0636. The van der Waals surface area contributed by atoms with E-state index in [9.17, 15) is 4.79 Å². The van der Waals surface area contributed by atoms with E-state index in [1.54, 1.807) is 6.07 Å². The molecule has 0 bridgehead atoms. The Balaban J connectivity index is 2.19. The third-order valence-electron chi connectivity index (χ3n) is 2.56. The maximum atomic E-state index is 11.8. The molecule has 0 radical (unpaired) electrons. The summed E-state index contributed by atoms with van der Waals surface area (Å²) in [6.07, 6.45) is 0.446. The second-order valence-corrected chi connectivity index (χ2v) is 5.67. The molecular weight excluding hydrogens is 252 g/mol. The lowest BCUT2D eigenvalue weighted by atomic mass is 10.1. The summed E-state index contributed by atoms with van der Waals surface area (Å²) in [4.78, 5) is 11.8. The zero-order valence-electron chi connectivity index (χ0n) is 10.8. The Bertz CT molecular complexity index is 481. The molecule has 1 aliphatic heterocycles. The van der Waals surface area contributed by atoms with Crippen LogP contribution in [0.5, 0.6) is 0 Å². The number of ether oxygens (including phenoxy) is 1. The van der Waals surface area contributed by atoms with Crippen molar-refractivity contribution in [2.75, 3.05) is 17.2 Å². The highest BCUT2D eigenvalue weighted by Crippen LogP contribution is 2.36. The van der Waals surface area contributed by atoms with Gasteiger partial charge in [-0.05, 0) is 38.8 Å². The largest absolute Gasteiger partial charge is 0.444 e. The zero-order chi connectivity index (χ0) is 13.3. The lowest BCUT2D eigenvalue weighted by Crippen LogP contribution is -2.27. The Morgan fingerprint density at radius 3 is 2.83 bits per heavy atom. The summed E-state index contributed by atoms with van der Waals surface area (Å²) < 4.78 is 5.22. The van der Waals surface area contributed by atoms with Crippen molar-refractivity contribution in [2.45, 2.75) is 32.8 Å². The summed E-state index contributed by atoms with van der Waals surface area (Å²) in [5.74, 6) is 0. The minimum absolute atomic E-state index is 0.494. The number of halogens is 1. The van der Waals surface area contributed by atoms with Crippen molar-refractivity contribution in [2.24, 2.45) is 0 Å². The van der Waals surface area contributed by atoms with Crippen molar-refractivity contribution in [3.8, 4) is 0 Å². The monoisotopic (exact) mass is 268 g/mol. The third kappa shape index (κ3) is 2.88. The number of amides is 1. The van der Waals surface area contributed by atoms with Crippen LogP contribution in [0.25, 0.3) is 0 Å². The Morgan fingerprint density at radius 2 is 2.17 bits per heavy atom. The predicted octanol–water partition coefficient (Wildman–Crippen LogP) is 3.66. The minimum Gasteiger partial charge on any atom is -0.444 e. The van der Waals surface area contributed by atoms with E-state index in [4.69, 9.17) is 16.3 Å². The molecule has 2 rings (SSSR count). The van der Waals surface area contributed by atoms with Gasteiger partial charge in [-0.3, -0.25) is 5.32 Å². The molecule has 0 aliphatic carbocycles. The molecule has 1 aromatic rings. The molecular formula is C13H17ClN2O2. The number of hydrogen-bond acceptors (Lipinski definition) is 3. The summed E-state index contributed by atoms with van der Waals surface area (Å²) in [5, 5.41) is 6.44. The molecule has 0 saturated heterocycles. The van der Waals surface area contributed by atoms with Crippen molar-refractivity contribution >= 4 is 29.1 Å². The molecule has 0 fully saturated rings. The van der Waals surface area contributed by atoms with Crippen LogP contribution in [0.15, 0.2) is 12.1 Å².